The van der Waals surface area contributed by atoms with Gasteiger partial charge in [0, 0.05) is 22.6 Å². The molecule has 2 rings (SSSR count). The topological polar surface area (TPSA) is 20.3 Å². The molecule has 1 aliphatic rings. The van der Waals surface area contributed by atoms with Crippen molar-refractivity contribution < 1.29 is 4.79 Å². The fraction of sp³-hybridized carbons (Fsp3) is 0.533. The van der Waals surface area contributed by atoms with Crippen molar-refractivity contribution in [2.45, 2.75) is 39.3 Å². The van der Waals surface area contributed by atoms with Gasteiger partial charge < -0.3 is 0 Å². The lowest BCUT2D eigenvalue weighted by molar-refractivity contribution is 0.0826. The number of likely N-dealkylation sites (tertiary alicyclic amines) is 1. The average molecular weight is 310 g/mol. The molecule has 0 bridgehead atoms. The van der Waals surface area contributed by atoms with Crippen LogP contribution in [0, 0.1) is 5.92 Å². The highest BCUT2D eigenvalue weighted by molar-refractivity contribution is 9.10. The Labute approximate surface area is 117 Å². The van der Waals surface area contributed by atoms with Crippen LogP contribution >= 0.6 is 15.9 Å². The maximum Gasteiger partial charge on any atom is 0.179 e. The van der Waals surface area contributed by atoms with Crippen LogP contribution in [-0.2, 0) is 0 Å². The van der Waals surface area contributed by atoms with Crippen LogP contribution in [0.25, 0.3) is 0 Å². The number of ketones is 1. The van der Waals surface area contributed by atoms with Gasteiger partial charge >= 0.3 is 0 Å². The largest absolute Gasteiger partial charge is 0.292 e. The third-order valence-corrected chi connectivity index (χ3v) is 4.37. The minimum atomic E-state index is -0.0221. The van der Waals surface area contributed by atoms with Crippen LogP contribution < -0.4 is 0 Å². The number of halogens is 1. The van der Waals surface area contributed by atoms with Crippen LogP contribution in [0.3, 0.4) is 0 Å². The number of nitrogens with zero attached hydrogens (tertiary/aromatic N) is 1. The van der Waals surface area contributed by atoms with E-state index in [2.05, 4.69) is 34.7 Å². The van der Waals surface area contributed by atoms with Crippen molar-refractivity contribution in [2.24, 2.45) is 5.92 Å². The lowest BCUT2D eigenvalue weighted by atomic mass is 10.0. The molecule has 1 aromatic carbocycles. The van der Waals surface area contributed by atoms with Crippen LogP contribution in [0.1, 0.15) is 37.6 Å². The molecule has 18 heavy (non-hydrogen) atoms. The highest BCUT2D eigenvalue weighted by Gasteiger charge is 2.33. The van der Waals surface area contributed by atoms with Crippen LogP contribution in [0.4, 0.5) is 0 Å². The van der Waals surface area contributed by atoms with Crippen LogP contribution in [0.15, 0.2) is 28.7 Å². The van der Waals surface area contributed by atoms with Gasteiger partial charge in [0.25, 0.3) is 0 Å². The zero-order chi connectivity index (χ0) is 13.3. The van der Waals surface area contributed by atoms with E-state index in [1.807, 2.05) is 31.2 Å². The van der Waals surface area contributed by atoms with Crippen molar-refractivity contribution in [3.05, 3.63) is 34.3 Å². The predicted octanol–water partition coefficient (Wildman–Crippen LogP) is 3.75. The molecule has 1 saturated heterocycles. The van der Waals surface area contributed by atoms with Gasteiger partial charge in [0.2, 0.25) is 0 Å². The molecular weight excluding hydrogens is 290 g/mol. The summed E-state index contributed by atoms with van der Waals surface area (Å²) in [5.74, 6) is 0.920. The standard InChI is InChI=1S/C15H20BrNO/c1-10-8-11(2)17(9-10)12(3)15(18)13-4-6-14(16)7-5-13/h4-7,10-12H,8-9H2,1-3H3. The van der Waals surface area contributed by atoms with E-state index < -0.39 is 0 Å². The molecule has 1 aromatic rings. The summed E-state index contributed by atoms with van der Waals surface area (Å²) >= 11 is 3.39. The van der Waals surface area contributed by atoms with E-state index in [-0.39, 0.29) is 11.8 Å². The van der Waals surface area contributed by atoms with Gasteiger partial charge in [0.1, 0.15) is 0 Å². The van der Waals surface area contributed by atoms with E-state index in [1.165, 1.54) is 6.42 Å². The minimum absolute atomic E-state index is 0.0221. The maximum absolute atomic E-state index is 12.4. The maximum atomic E-state index is 12.4. The zero-order valence-corrected chi connectivity index (χ0v) is 12.8. The number of hydrogen-bond donors (Lipinski definition) is 0. The number of Topliss-reactive ketones (excluding diaryl/α,β-unsaturated/α-hetero) is 1. The Morgan fingerprint density at radius 3 is 2.44 bits per heavy atom. The average Bonchev–Trinajstić information content (AvgIpc) is 2.67. The van der Waals surface area contributed by atoms with Crippen molar-refractivity contribution in [2.75, 3.05) is 6.54 Å². The molecule has 2 nitrogen and oxygen atoms in total. The molecule has 0 spiro atoms. The summed E-state index contributed by atoms with van der Waals surface area (Å²) in [6.45, 7) is 7.53. The zero-order valence-electron chi connectivity index (χ0n) is 11.2. The Hall–Kier alpha value is -0.670. The van der Waals surface area contributed by atoms with E-state index in [0.29, 0.717) is 12.0 Å². The summed E-state index contributed by atoms with van der Waals surface area (Å²) in [5.41, 5.74) is 0.803. The Bertz CT molecular complexity index is 429. The first-order chi connectivity index (χ1) is 8.49. The van der Waals surface area contributed by atoms with Gasteiger partial charge in [-0.1, -0.05) is 35.0 Å². The molecule has 1 aliphatic heterocycles. The van der Waals surface area contributed by atoms with E-state index >= 15 is 0 Å². The molecule has 1 fully saturated rings. The Morgan fingerprint density at radius 1 is 1.33 bits per heavy atom. The molecule has 3 unspecified atom stereocenters. The molecule has 0 amide bonds. The summed E-state index contributed by atoms with van der Waals surface area (Å²) in [7, 11) is 0. The van der Waals surface area contributed by atoms with Gasteiger partial charge in [-0.05, 0) is 38.3 Å². The minimum Gasteiger partial charge on any atom is -0.292 e. The first-order valence-electron chi connectivity index (χ1n) is 6.54. The molecule has 0 N–H and O–H groups in total. The van der Waals surface area contributed by atoms with Gasteiger partial charge in [-0.2, -0.15) is 0 Å². The van der Waals surface area contributed by atoms with Crippen LogP contribution in [-0.4, -0.2) is 29.3 Å². The second kappa shape index (κ2) is 5.54. The number of benzene rings is 1. The summed E-state index contributed by atoms with van der Waals surface area (Å²) < 4.78 is 1.01. The second-order valence-corrected chi connectivity index (χ2v) is 6.35. The van der Waals surface area contributed by atoms with Crippen LogP contribution in [0.5, 0.6) is 0 Å². The van der Waals surface area contributed by atoms with Crippen molar-refractivity contribution in [3.8, 4) is 0 Å². The highest BCUT2D eigenvalue weighted by atomic mass is 79.9. The monoisotopic (exact) mass is 309 g/mol. The van der Waals surface area contributed by atoms with Gasteiger partial charge in [-0.3, -0.25) is 9.69 Å². The Kier molecular flexibility index (Phi) is 4.23. The fourth-order valence-corrected chi connectivity index (χ4v) is 3.14. The Balaban J connectivity index is 2.11. The smallest absolute Gasteiger partial charge is 0.179 e. The second-order valence-electron chi connectivity index (χ2n) is 5.43. The SMILES string of the molecule is CC1CC(C)N(C(C)C(=O)c2ccc(Br)cc2)C1. The lowest BCUT2D eigenvalue weighted by Gasteiger charge is -2.27. The molecule has 3 heteroatoms. The highest BCUT2D eigenvalue weighted by Crippen LogP contribution is 2.26. The molecule has 1 heterocycles. The number of carbonyl (C=O) groups excluding carboxylic acids is 1. The lowest BCUT2D eigenvalue weighted by Crippen LogP contribution is -2.41. The van der Waals surface area contributed by atoms with Gasteiger partial charge in [0.05, 0.1) is 6.04 Å². The summed E-state index contributed by atoms with van der Waals surface area (Å²) in [4.78, 5) is 14.8. The fourth-order valence-electron chi connectivity index (χ4n) is 2.88. The number of hydrogen-bond acceptors (Lipinski definition) is 2. The third-order valence-electron chi connectivity index (χ3n) is 3.84. The quantitative estimate of drug-likeness (QED) is 0.793. The third kappa shape index (κ3) is 2.83. The first-order valence-corrected chi connectivity index (χ1v) is 7.34. The van der Waals surface area contributed by atoms with E-state index in [4.69, 9.17) is 0 Å². The normalized spacial score (nSPS) is 26.2. The van der Waals surface area contributed by atoms with E-state index in [1.54, 1.807) is 0 Å². The Morgan fingerprint density at radius 2 is 1.94 bits per heavy atom. The van der Waals surface area contributed by atoms with E-state index in [9.17, 15) is 4.79 Å². The molecule has 0 aromatic heterocycles. The molecule has 0 aliphatic carbocycles. The van der Waals surface area contributed by atoms with Gasteiger partial charge in [0.15, 0.2) is 5.78 Å². The first kappa shape index (κ1) is 13.8. The molecule has 98 valence electrons. The number of carbonyl (C=O) groups is 1. The molecule has 0 radical (unpaired) electrons. The summed E-state index contributed by atoms with van der Waals surface area (Å²) in [5, 5.41) is 0. The molecular formula is C15H20BrNO. The van der Waals surface area contributed by atoms with Gasteiger partial charge in [-0.25, -0.2) is 0 Å². The predicted molar refractivity (Wildman–Crippen MR) is 77.9 cm³/mol. The van der Waals surface area contributed by atoms with Crippen molar-refractivity contribution in [1.82, 2.24) is 4.90 Å². The van der Waals surface area contributed by atoms with Crippen molar-refractivity contribution >= 4 is 21.7 Å². The van der Waals surface area contributed by atoms with Crippen LogP contribution in [0.2, 0.25) is 0 Å². The molecule has 3 atom stereocenters. The van der Waals surface area contributed by atoms with Crippen molar-refractivity contribution in [1.29, 1.82) is 0 Å². The number of rotatable bonds is 3. The van der Waals surface area contributed by atoms with Gasteiger partial charge in [-0.15, -0.1) is 0 Å². The summed E-state index contributed by atoms with van der Waals surface area (Å²) in [6.07, 6.45) is 1.19. The van der Waals surface area contributed by atoms with Crippen molar-refractivity contribution in [3.63, 3.8) is 0 Å². The summed E-state index contributed by atoms with van der Waals surface area (Å²) in [6, 6.07) is 8.13. The molecule has 0 saturated carbocycles. The van der Waals surface area contributed by atoms with E-state index in [0.717, 1.165) is 16.6 Å².